The van der Waals surface area contributed by atoms with Gasteiger partial charge in [-0.15, -0.1) is 0 Å². The predicted molar refractivity (Wildman–Crippen MR) is 57.8 cm³/mol. The van der Waals surface area contributed by atoms with E-state index in [2.05, 4.69) is 15.9 Å². The van der Waals surface area contributed by atoms with Crippen molar-refractivity contribution in [3.63, 3.8) is 0 Å². The van der Waals surface area contributed by atoms with Gasteiger partial charge >= 0.3 is 0 Å². The van der Waals surface area contributed by atoms with Gasteiger partial charge in [0.05, 0.1) is 0 Å². The van der Waals surface area contributed by atoms with Gasteiger partial charge in [-0.3, -0.25) is 4.79 Å². The number of halogens is 1. The second kappa shape index (κ2) is 4.57. The van der Waals surface area contributed by atoms with E-state index in [1.807, 2.05) is 6.07 Å². The highest BCUT2D eigenvalue weighted by Crippen LogP contribution is 2.23. The highest BCUT2D eigenvalue weighted by atomic mass is 79.9. The SMILES string of the molecule is CN(C)C(=O)C(O)c1ccccc1Br. The highest BCUT2D eigenvalue weighted by molar-refractivity contribution is 9.10. The average molecular weight is 258 g/mol. The lowest BCUT2D eigenvalue weighted by molar-refractivity contribution is -0.137. The maximum atomic E-state index is 11.5. The van der Waals surface area contributed by atoms with E-state index in [1.165, 1.54) is 4.90 Å². The summed E-state index contributed by atoms with van der Waals surface area (Å²) in [6.45, 7) is 0. The molecule has 0 fully saturated rings. The van der Waals surface area contributed by atoms with Crippen LogP contribution in [-0.2, 0) is 4.79 Å². The first-order valence-corrected chi connectivity index (χ1v) is 4.97. The Morgan fingerprint density at radius 3 is 2.50 bits per heavy atom. The summed E-state index contributed by atoms with van der Waals surface area (Å²) in [5.41, 5.74) is 0.589. The highest BCUT2D eigenvalue weighted by Gasteiger charge is 2.20. The van der Waals surface area contributed by atoms with Crippen LogP contribution < -0.4 is 0 Å². The molecule has 1 aromatic carbocycles. The monoisotopic (exact) mass is 257 g/mol. The smallest absolute Gasteiger partial charge is 0.255 e. The molecule has 1 N–H and O–H groups in total. The van der Waals surface area contributed by atoms with Crippen molar-refractivity contribution in [2.75, 3.05) is 14.1 Å². The first kappa shape index (κ1) is 11.2. The normalized spacial score (nSPS) is 12.3. The molecule has 76 valence electrons. The molecule has 0 aliphatic heterocycles. The number of likely N-dealkylation sites (N-methyl/N-ethyl adjacent to an activating group) is 1. The van der Waals surface area contributed by atoms with Crippen LogP contribution in [0.25, 0.3) is 0 Å². The van der Waals surface area contributed by atoms with Crippen LogP contribution in [0, 0.1) is 0 Å². The topological polar surface area (TPSA) is 40.5 Å². The lowest BCUT2D eigenvalue weighted by atomic mass is 10.1. The molecular formula is C10H12BrNO2. The number of aliphatic hydroxyl groups is 1. The number of amides is 1. The lowest BCUT2D eigenvalue weighted by Crippen LogP contribution is -2.28. The molecule has 0 spiro atoms. The van der Waals surface area contributed by atoms with Gasteiger partial charge in [0.25, 0.3) is 5.91 Å². The molecule has 1 atom stereocenters. The first-order valence-electron chi connectivity index (χ1n) is 4.17. The number of carbonyl (C=O) groups is 1. The second-order valence-electron chi connectivity index (χ2n) is 3.16. The summed E-state index contributed by atoms with van der Waals surface area (Å²) >= 11 is 3.28. The van der Waals surface area contributed by atoms with Gasteiger partial charge in [0.2, 0.25) is 0 Å². The van der Waals surface area contributed by atoms with Crippen molar-refractivity contribution in [2.24, 2.45) is 0 Å². The van der Waals surface area contributed by atoms with E-state index < -0.39 is 6.10 Å². The number of aliphatic hydroxyl groups excluding tert-OH is 1. The number of hydrogen-bond donors (Lipinski definition) is 1. The molecule has 1 amide bonds. The van der Waals surface area contributed by atoms with Crippen molar-refractivity contribution < 1.29 is 9.90 Å². The Hall–Kier alpha value is -0.870. The van der Waals surface area contributed by atoms with E-state index >= 15 is 0 Å². The molecule has 1 rings (SSSR count). The standard InChI is InChI=1S/C10H12BrNO2/c1-12(2)10(14)9(13)7-5-3-4-6-8(7)11/h3-6,9,13H,1-2H3. The maximum absolute atomic E-state index is 11.5. The van der Waals surface area contributed by atoms with E-state index in [1.54, 1.807) is 32.3 Å². The fourth-order valence-corrected chi connectivity index (χ4v) is 1.58. The van der Waals surface area contributed by atoms with Gasteiger partial charge in [-0.05, 0) is 6.07 Å². The molecule has 0 aromatic heterocycles. The number of hydrogen-bond acceptors (Lipinski definition) is 2. The average Bonchev–Trinajstić information content (AvgIpc) is 2.16. The van der Waals surface area contributed by atoms with Crippen LogP contribution in [0.2, 0.25) is 0 Å². The molecule has 4 heteroatoms. The number of benzene rings is 1. The summed E-state index contributed by atoms with van der Waals surface area (Å²) < 4.78 is 0.739. The Labute approximate surface area is 91.5 Å². The first-order chi connectivity index (χ1) is 6.54. The van der Waals surface area contributed by atoms with E-state index in [0.717, 1.165) is 4.47 Å². The van der Waals surface area contributed by atoms with Gasteiger partial charge in [0.15, 0.2) is 6.10 Å². The molecule has 0 heterocycles. The Kier molecular flexibility index (Phi) is 3.66. The van der Waals surface area contributed by atoms with E-state index in [-0.39, 0.29) is 5.91 Å². The van der Waals surface area contributed by atoms with Gasteiger partial charge in [-0.2, -0.15) is 0 Å². The molecule has 1 aromatic rings. The number of rotatable bonds is 2. The van der Waals surface area contributed by atoms with Crippen LogP contribution in [0.1, 0.15) is 11.7 Å². The van der Waals surface area contributed by atoms with Crippen molar-refractivity contribution in [2.45, 2.75) is 6.10 Å². The molecule has 14 heavy (non-hydrogen) atoms. The Bertz CT molecular complexity index is 339. The lowest BCUT2D eigenvalue weighted by Gasteiger charge is -2.16. The van der Waals surface area contributed by atoms with Crippen LogP contribution in [0.5, 0.6) is 0 Å². The van der Waals surface area contributed by atoms with Crippen molar-refractivity contribution in [1.82, 2.24) is 4.90 Å². The van der Waals surface area contributed by atoms with Crippen LogP contribution >= 0.6 is 15.9 Å². The largest absolute Gasteiger partial charge is 0.378 e. The zero-order valence-electron chi connectivity index (χ0n) is 8.07. The van der Waals surface area contributed by atoms with E-state index in [4.69, 9.17) is 0 Å². The second-order valence-corrected chi connectivity index (χ2v) is 4.01. The molecule has 0 saturated carbocycles. The minimum atomic E-state index is -1.10. The Balaban J connectivity index is 2.95. The van der Waals surface area contributed by atoms with Crippen LogP contribution in [-0.4, -0.2) is 30.0 Å². The molecule has 0 aliphatic rings. The molecule has 0 radical (unpaired) electrons. The minimum Gasteiger partial charge on any atom is -0.378 e. The Morgan fingerprint density at radius 2 is 2.00 bits per heavy atom. The van der Waals surface area contributed by atoms with Gasteiger partial charge in [-0.1, -0.05) is 34.1 Å². The van der Waals surface area contributed by atoms with Gasteiger partial charge in [0.1, 0.15) is 0 Å². The zero-order chi connectivity index (χ0) is 10.7. The van der Waals surface area contributed by atoms with Crippen molar-refractivity contribution >= 4 is 21.8 Å². The Morgan fingerprint density at radius 1 is 1.43 bits per heavy atom. The van der Waals surface area contributed by atoms with E-state index in [0.29, 0.717) is 5.56 Å². The van der Waals surface area contributed by atoms with Crippen molar-refractivity contribution in [3.05, 3.63) is 34.3 Å². The van der Waals surface area contributed by atoms with Crippen LogP contribution in [0.3, 0.4) is 0 Å². The summed E-state index contributed by atoms with van der Waals surface area (Å²) in [4.78, 5) is 12.8. The number of carbonyl (C=O) groups excluding carboxylic acids is 1. The van der Waals surface area contributed by atoms with Crippen LogP contribution in [0.15, 0.2) is 28.7 Å². The summed E-state index contributed by atoms with van der Waals surface area (Å²) in [6, 6.07) is 7.13. The molecule has 0 bridgehead atoms. The summed E-state index contributed by atoms with van der Waals surface area (Å²) in [5, 5.41) is 9.72. The fourth-order valence-electron chi connectivity index (χ4n) is 1.07. The molecule has 0 aliphatic carbocycles. The summed E-state index contributed by atoms with van der Waals surface area (Å²) in [6.07, 6.45) is -1.10. The molecular weight excluding hydrogens is 246 g/mol. The predicted octanol–water partition coefficient (Wildman–Crippen LogP) is 1.57. The maximum Gasteiger partial charge on any atom is 0.255 e. The molecule has 3 nitrogen and oxygen atoms in total. The third-order valence-electron chi connectivity index (χ3n) is 1.87. The quantitative estimate of drug-likeness (QED) is 0.874. The summed E-state index contributed by atoms with van der Waals surface area (Å²) in [5.74, 6) is -0.322. The van der Waals surface area contributed by atoms with Gasteiger partial charge in [-0.25, -0.2) is 0 Å². The number of nitrogens with zero attached hydrogens (tertiary/aromatic N) is 1. The van der Waals surface area contributed by atoms with E-state index in [9.17, 15) is 9.90 Å². The van der Waals surface area contributed by atoms with Crippen molar-refractivity contribution in [1.29, 1.82) is 0 Å². The third-order valence-corrected chi connectivity index (χ3v) is 2.60. The zero-order valence-corrected chi connectivity index (χ0v) is 9.65. The van der Waals surface area contributed by atoms with Gasteiger partial charge < -0.3 is 10.0 Å². The molecule has 1 unspecified atom stereocenters. The third kappa shape index (κ3) is 2.33. The fraction of sp³-hybridized carbons (Fsp3) is 0.300. The van der Waals surface area contributed by atoms with Crippen LogP contribution in [0.4, 0.5) is 0 Å². The summed E-state index contributed by atoms with van der Waals surface area (Å²) in [7, 11) is 3.23. The minimum absolute atomic E-state index is 0.322. The van der Waals surface area contributed by atoms with Crippen molar-refractivity contribution in [3.8, 4) is 0 Å². The molecule has 0 saturated heterocycles. The van der Waals surface area contributed by atoms with Gasteiger partial charge in [0, 0.05) is 24.1 Å².